The maximum atomic E-state index is 11.4. The number of nitrogens with zero attached hydrogens (tertiary/aromatic N) is 1. The highest BCUT2D eigenvalue weighted by Gasteiger charge is 2.05. The molecule has 2 aromatic carbocycles. The molecule has 3 aromatic rings. The van der Waals surface area contributed by atoms with Crippen LogP contribution in [0.4, 0.5) is 0 Å². The molecule has 1 aromatic heterocycles. The van der Waals surface area contributed by atoms with Crippen LogP contribution in [-0.2, 0) is 0 Å². The second-order valence-electron chi connectivity index (χ2n) is 5.84. The van der Waals surface area contributed by atoms with Crippen LogP contribution >= 0.6 is 12.4 Å². The Labute approximate surface area is 153 Å². The third kappa shape index (κ3) is 4.53. The molecule has 0 unspecified atom stereocenters. The molecule has 1 heterocycles. The Morgan fingerprint density at radius 1 is 1.00 bits per heavy atom. The smallest absolute Gasteiger partial charge is 0.336 e. The van der Waals surface area contributed by atoms with Crippen molar-refractivity contribution >= 4 is 34.1 Å². The van der Waals surface area contributed by atoms with Gasteiger partial charge in [-0.3, -0.25) is 0 Å². The summed E-state index contributed by atoms with van der Waals surface area (Å²) in [5.74, 6) is 0.848. The molecule has 0 saturated heterocycles. The fraction of sp³-hybridized carbons (Fsp3) is 0.350. The van der Waals surface area contributed by atoms with Crippen LogP contribution in [0.2, 0.25) is 0 Å². The summed E-state index contributed by atoms with van der Waals surface area (Å²) in [6, 6.07) is 13.1. The zero-order valence-corrected chi connectivity index (χ0v) is 15.5. The van der Waals surface area contributed by atoms with Gasteiger partial charge in [0, 0.05) is 18.0 Å². The average Bonchev–Trinajstić information content (AvgIpc) is 2.61. The molecule has 0 fully saturated rings. The summed E-state index contributed by atoms with van der Waals surface area (Å²) >= 11 is 0. The minimum absolute atomic E-state index is 0. The van der Waals surface area contributed by atoms with Crippen LogP contribution < -0.4 is 10.4 Å². The minimum Gasteiger partial charge on any atom is -0.494 e. The first-order valence-corrected chi connectivity index (χ1v) is 8.53. The topological polar surface area (TPSA) is 42.7 Å². The van der Waals surface area contributed by atoms with Gasteiger partial charge in [0.1, 0.15) is 11.3 Å². The van der Waals surface area contributed by atoms with Crippen LogP contribution in [0, 0.1) is 0 Å². The fourth-order valence-corrected chi connectivity index (χ4v) is 2.96. The van der Waals surface area contributed by atoms with E-state index < -0.39 is 0 Å². The van der Waals surface area contributed by atoms with Gasteiger partial charge >= 0.3 is 5.63 Å². The van der Waals surface area contributed by atoms with Gasteiger partial charge < -0.3 is 14.1 Å². The number of rotatable bonds is 7. The van der Waals surface area contributed by atoms with E-state index in [0.29, 0.717) is 12.2 Å². The van der Waals surface area contributed by atoms with E-state index in [1.807, 2.05) is 36.4 Å². The normalized spacial score (nSPS) is 11.0. The average molecular weight is 362 g/mol. The number of benzene rings is 2. The van der Waals surface area contributed by atoms with Crippen molar-refractivity contribution in [3.05, 3.63) is 52.9 Å². The maximum absolute atomic E-state index is 11.4. The standard InChI is InChI=1S/C20H23NO3.ClH/c1-3-21(4-2)12-5-13-23-16-8-6-15-7-10-19-17(18(15)14-16)9-11-20(22)24-19;/h6-11,14H,3-5,12-13H2,1-2H3;1H. The molecule has 0 spiro atoms. The van der Waals surface area contributed by atoms with E-state index >= 15 is 0 Å². The molecule has 0 aliphatic rings. The predicted molar refractivity (Wildman–Crippen MR) is 105 cm³/mol. The molecule has 25 heavy (non-hydrogen) atoms. The van der Waals surface area contributed by atoms with Gasteiger partial charge in [-0.25, -0.2) is 4.79 Å². The van der Waals surface area contributed by atoms with Crippen molar-refractivity contribution in [3.8, 4) is 5.75 Å². The molecule has 0 radical (unpaired) electrons. The Morgan fingerprint density at radius 2 is 1.76 bits per heavy atom. The molecule has 0 aliphatic heterocycles. The largest absolute Gasteiger partial charge is 0.494 e. The molecule has 134 valence electrons. The fourth-order valence-electron chi connectivity index (χ4n) is 2.96. The van der Waals surface area contributed by atoms with Gasteiger partial charge in [-0.2, -0.15) is 0 Å². The summed E-state index contributed by atoms with van der Waals surface area (Å²) in [6.45, 7) is 8.25. The molecule has 0 bridgehead atoms. The van der Waals surface area contributed by atoms with Crippen molar-refractivity contribution in [2.45, 2.75) is 20.3 Å². The van der Waals surface area contributed by atoms with Crippen LogP contribution in [0.3, 0.4) is 0 Å². The number of hydrogen-bond donors (Lipinski definition) is 0. The van der Waals surface area contributed by atoms with E-state index in [1.165, 1.54) is 6.07 Å². The third-order valence-corrected chi connectivity index (χ3v) is 4.37. The Bertz CT molecular complexity index is 887. The van der Waals surface area contributed by atoms with Gasteiger partial charge in [-0.05, 0) is 54.5 Å². The highest BCUT2D eigenvalue weighted by atomic mass is 35.5. The first-order valence-electron chi connectivity index (χ1n) is 8.53. The highest BCUT2D eigenvalue weighted by molar-refractivity contribution is 6.05. The SMILES string of the molecule is CCN(CC)CCCOc1ccc2ccc3oc(=O)ccc3c2c1.Cl. The molecular weight excluding hydrogens is 338 g/mol. The number of halogens is 1. The van der Waals surface area contributed by atoms with Crippen molar-refractivity contribution < 1.29 is 9.15 Å². The van der Waals surface area contributed by atoms with Gasteiger partial charge in [0.25, 0.3) is 0 Å². The number of ether oxygens (including phenoxy) is 1. The van der Waals surface area contributed by atoms with Crippen molar-refractivity contribution in [2.24, 2.45) is 0 Å². The zero-order chi connectivity index (χ0) is 16.9. The number of hydrogen-bond acceptors (Lipinski definition) is 4. The Kier molecular flexibility index (Phi) is 6.85. The number of fused-ring (bicyclic) bond motifs is 3. The molecular formula is C20H24ClNO3. The van der Waals surface area contributed by atoms with Crippen molar-refractivity contribution in [2.75, 3.05) is 26.2 Å². The Morgan fingerprint density at radius 3 is 2.52 bits per heavy atom. The van der Waals surface area contributed by atoms with Crippen LogP contribution in [0.25, 0.3) is 21.7 Å². The second kappa shape index (κ2) is 8.88. The molecule has 0 aliphatic carbocycles. The molecule has 0 amide bonds. The predicted octanol–water partition coefficient (Wildman–Crippen LogP) is 4.48. The lowest BCUT2D eigenvalue weighted by Gasteiger charge is -2.17. The lowest BCUT2D eigenvalue weighted by molar-refractivity contribution is 0.249. The first-order chi connectivity index (χ1) is 11.7. The summed E-state index contributed by atoms with van der Waals surface area (Å²) in [5, 5.41) is 3.07. The quantitative estimate of drug-likeness (QED) is 0.353. The monoisotopic (exact) mass is 361 g/mol. The highest BCUT2D eigenvalue weighted by Crippen LogP contribution is 2.28. The van der Waals surface area contributed by atoms with E-state index in [2.05, 4.69) is 18.7 Å². The maximum Gasteiger partial charge on any atom is 0.336 e. The van der Waals surface area contributed by atoms with E-state index in [1.54, 1.807) is 0 Å². The summed E-state index contributed by atoms with van der Waals surface area (Å²) in [5.41, 5.74) is 0.277. The van der Waals surface area contributed by atoms with Crippen molar-refractivity contribution in [3.63, 3.8) is 0 Å². The Balaban J connectivity index is 0.00000225. The molecule has 0 atom stereocenters. The molecule has 4 nitrogen and oxygen atoms in total. The lowest BCUT2D eigenvalue weighted by atomic mass is 10.1. The molecule has 0 saturated carbocycles. The van der Waals surface area contributed by atoms with Gasteiger partial charge in [0.2, 0.25) is 0 Å². The van der Waals surface area contributed by atoms with Crippen molar-refractivity contribution in [1.82, 2.24) is 4.90 Å². The first kappa shape index (κ1) is 19.3. The van der Waals surface area contributed by atoms with E-state index in [0.717, 1.165) is 48.0 Å². The minimum atomic E-state index is -0.328. The summed E-state index contributed by atoms with van der Waals surface area (Å²) in [7, 11) is 0. The van der Waals surface area contributed by atoms with E-state index in [-0.39, 0.29) is 18.0 Å². The van der Waals surface area contributed by atoms with Crippen LogP contribution in [-0.4, -0.2) is 31.1 Å². The third-order valence-electron chi connectivity index (χ3n) is 4.37. The summed E-state index contributed by atoms with van der Waals surface area (Å²) in [6.07, 6.45) is 1.00. The second-order valence-corrected chi connectivity index (χ2v) is 5.84. The van der Waals surface area contributed by atoms with Gasteiger partial charge in [0.15, 0.2) is 0 Å². The van der Waals surface area contributed by atoms with Crippen LogP contribution in [0.1, 0.15) is 20.3 Å². The van der Waals surface area contributed by atoms with Gasteiger partial charge in [-0.1, -0.05) is 26.0 Å². The van der Waals surface area contributed by atoms with Gasteiger partial charge in [-0.15, -0.1) is 12.4 Å². The van der Waals surface area contributed by atoms with Crippen LogP contribution in [0.5, 0.6) is 5.75 Å². The van der Waals surface area contributed by atoms with Gasteiger partial charge in [0.05, 0.1) is 6.61 Å². The molecule has 5 heteroatoms. The van der Waals surface area contributed by atoms with Crippen LogP contribution in [0.15, 0.2) is 51.7 Å². The van der Waals surface area contributed by atoms with Crippen molar-refractivity contribution in [1.29, 1.82) is 0 Å². The summed E-state index contributed by atoms with van der Waals surface area (Å²) < 4.78 is 11.2. The van der Waals surface area contributed by atoms with E-state index in [4.69, 9.17) is 9.15 Å². The lowest BCUT2D eigenvalue weighted by Crippen LogP contribution is -2.25. The van der Waals surface area contributed by atoms with E-state index in [9.17, 15) is 4.79 Å². The summed E-state index contributed by atoms with van der Waals surface area (Å²) in [4.78, 5) is 13.8. The zero-order valence-electron chi connectivity index (χ0n) is 14.7. The molecule has 3 rings (SSSR count). The Hall–Kier alpha value is -2.04. The molecule has 0 N–H and O–H groups in total.